The van der Waals surface area contributed by atoms with Gasteiger partial charge in [-0.1, -0.05) is 30.4 Å². The Kier molecular flexibility index (Phi) is 6.91. The minimum atomic E-state index is 0.661. The van der Waals surface area contributed by atoms with E-state index in [9.17, 15) is 0 Å². The lowest BCUT2D eigenvalue weighted by Gasteiger charge is -1.96. The third-order valence-electron chi connectivity index (χ3n) is 1.92. The Balaban J connectivity index is 4.53. The molecule has 0 aliphatic heterocycles. The van der Waals surface area contributed by atoms with Crippen molar-refractivity contribution in [2.24, 2.45) is 4.99 Å². The molecule has 0 fully saturated rings. The Morgan fingerprint density at radius 2 is 1.88 bits per heavy atom. The highest BCUT2D eigenvalue weighted by molar-refractivity contribution is 5.83. The largest absolute Gasteiger partial charge is 0.288 e. The molecule has 0 atom stereocenters. The van der Waals surface area contributed by atoms with Crippen molar-refractivity contribution in [3.8, 4) is 0 Å². The van der Waals surface area contributed by atoms with Gasteiger partial charge < -0.3 is 0 Å². The number of nitrogens with zero attached hydrogens (tertiary/aromatic N) is 1. The van der Waals surface area contributed by atoms with Gasteiger partial charge in [-0.2, -0.15) is 0 Å². The fourth-order valence-corrected chi connectivity index (χ4v) is 0.959. The fourth-order valence-electron chi connectivity index (χ4n) is 0.959. The molecule has 0 spiro atoms. The molecule has 0 saturated carbocycles. The van der Waals surface area contributed by atoms with Gasteiger partial charge in [0.05, 0.1) is 6.54 Å². The zero-order chi connectivity index (χ0) is 12.6. The van der Waals surface area contributed by atoms with Crippen LogP contribution in [-0.2, 0) is 0 Å². The predicted octanol–water partition coefficient (Wildman–Crippen LogP) is 4.26. The lowest BCUT2D eigenvalue weighted by Crippen LogP contribution is -1.87. The van der Waals surface area contributed by atoms with Crippen molar-refractivity contribution in [2.45, 2.75) is 27.7 Å². The van der Waals surface area contributed by atoms with Gasteiger partial charge in [-0.25, -0.2) is 0 Å². The van der Waals surface area contributed by atoms with E-state index in [1.807, 2.05) is 46.1 Å². The first-order valence-electron chi connectivity index (χ1n) is 5.34. The zero-order valence-corrected chi connectivity index (χ0v) is 10.8. The second kappa shape index (κ2) is 7.67. The maximum absolute atomic E-state index is 4.34. The number of hydrogen-bond donors (Lipinski definition) is 0. The first-order chi connectivity index (χ1) is 7.47. The molecule has 0 amide bonds. The highest BCUT2D eigenvalue weighted by Crippen LogP contribution is 2.01. The average molecular weight is 215 g/mol. The molecule has 1 nitrogen and oxygen atoms in total. The Bertz CT molecular complexity index is 382. The third kappa shape index (κ3) is 6.80. The number of aliphatic imine (C=N–C) groups is 1. The van der Waals surface area contributed by atoms with Crippen LogP contribution in [0.15, 0.2) is 58.3 Å². The van der Waals surface area contributed by atoms with Crippen molar-refractivity contribution in [1.82, 2.24) is 0 Å². The summed E-state index contributed by atoms with van der Waals surface area (Å²) >= 11 is 0. The minimum absolute atomic E-state index is 0.661. The van der Waals surface area contributed by atoms with Crippen molar-refractivity contribution in [2.75, 3.05) is 6.54 Å². The normalized spacial score (nSPS) is 9.50. The van der Waals surface area contributed by atoms with Crippen LogP contribution in [0.5, 0.6) is 0 Å². The lowest BCUT2D eigenvalue weighted by molar-refractivity contribution is 1.14. The van der Waals surface area contributed by atoms with Crippen molar-refractivity contribution >= 4 is 6.21 Å². The number of rotatable bonds is 5. The van der Waals surface area contributed by atoms with Crippen LogP contribution in [0.1, 0.15) is 27.7 Å². The van der Waals surface area contributed by atoms with E-state index in [-0.39, 0.29) is 0 Å². The van der Waals surface area contributed by atoms with Gasteiger partial charge in [-0.3, -0.25) is 4.99 Å². The molecule has 0 aromatic heterocycles. The van der Waals surface area contributed by atoms with E-state index >= 15 is 0 Å². The van der Waals surface area contributed by atoms with E-state index in [0.29, 0.717) is 6.54 Å². The molecule has 0 aromatic rings. The number of hydrogen-bond acceptors (Lipinski definition) is 1. The van der Waals surface area contributed by atoms with Gasteiger partial charge in [0.1, 0.15) is 0 Å². The smallest absolute Gasteiger partial charge is 0.0671 e. The Morgan fingerprint density at radius 3 is 2.31 bits per heavy atom. The van der Waals surface area contributed by atoms with Crippen LogP contribution in [0.4, 0.5) is 0 Å². The third-order valence-corrected chi connectivity index (χ3v) is 1.92. The summed E-state index contributed by atoms with van der Waals surface area (Å²) in [7, 11) is 0. The topological polar surface area (TPSA) is 12.4 Å². The SMILES string of the molecule is C=CC(/C=N\CC(C)=C=CC(=C)C)=C(C)C. The first kappa shape index (κ1) is 14.4. The summed E-state index contributed by atoms with van der Waals surface area (Å²) < 4.78 is 0. The monoisotopic (exact) mass is 215 g/mol. The van der Waals surface area contributed by atoms with Gasteiger partial charge in [0, 0.05) is 6.21 Å². The molecular weight excluding hydrogens is 194 g/mol. The van der Waals surface area contributed by atoms with Gasteiger partial charge in [0.2, 0.25) is 0 Å². The highest BCUT2D eigenvalue weighted by Gasteiger charge is 1.89. The van der Waals surface area contributed by atoms with E-state index in [1.54, 1.807) is 0 Å². The quantitative estimate of drug-likeness (QED) is 0.369. The van der Waals surface area contributed by atoms with E-state index in [2.05, 4.69) is 23.9 Å². The van der Waals surface area contributed by atoms with Crippen molar-refractivity contribution in [3.05, 3.63) is 53.3 Å². The Labute approximate surface area is 99.3 Å². The Morgan fingerprint density at radius 1 is 1.25 bits per heavy atom. The second-order valence-electron chi connectivity index (χ2n) is 4.04. The summed E-state index contributed by atoms with van der Waals surface area (Å²) in [5, 5.41) is 0. The van der Waals surface area contributed by atoms with Gasteiger partial charge in [0.15, 0.2) is 0 Å². The molecule has 0 saturated heterocycles. The average Bonchev–Trinajstić information content (AvgIpc) is 2.20. The summed E-state index contributed by atoms with van der Waals surface area (Å²) in [6, 6.07) is 0. The molecule has 0 aliphatic rings. The molecule has 0 N–H and O–H groups in total. The van der Waals surface area contributed by atoms with Gasteiger partial charge in [-0.05, 0) is 44.9 Å². The lowest BCUT2D eigenvalue weighted by atomic mass is 10.2. The maximum Gasteiger partial charge on any atom is 0.0671 e. The van der Waals surface area contributed by atoms with Crippen LogP contribution >= 0.6 is 0 Å². The fraction of sp³-hybridized carbons (Fsp3) is 0.333. The zero-order valence-electron chi connectivity index (χ0n) is 10.8. The summed E-state index contributed by atoms with van der Waals surface area (Å²) in [6.07, 6.45) is 5.55. The van der Waals surface area contributed by atoms with Crippen LogP contribution in [0.2, 0.25) is 0 Å². The van der Waals surface area contributed by atoms with Crippen LogP contribution in [0.3, 0.4) is 0 Å². The molecule has 0 rings (SSSR count). The highest BCUT2D eigenvalue weighted by atomic mass is 14.7. The summed E-state index contributed by atoms with van der Waals surface area (Å²) in [5.74, 6) is 0. The summed E-state index contributed by atoms with van der Waals surface area (Å²) in [5.41, 5.74) is 7.53. The van der Waals surface area contributed by atoms with Gasteiger partial charge in [-0.15, -0.1) is 5.73 Å². The molecule has 0 aromatic carbocycles. The first-order valence-corrected chi connectivity index (χ1v) is 5.34. The summed E-state index contributed by atoms with van der Waals surface area (Å²) in [6.45, 7) is 16.2. The molecule has 0 unspecified atom stereocenters. The van der Waals surface area contributed by atoms with Crippen molar-refractivity contribution < 1.29 is 0 Å². The standard InChI is InChI=1S/C15H21N/c1-7-15(13(4)5)11-16-10-14(6)9-8-12(2)3/h7-8,11H,1-2,10H2,3-6H3/b16-11-. The van der Waals surface area contributed by atoms with Crippen LogP contribution in [0.25, 0.3) is 0 Å². The summed E-state index contributed by atoms with van der Waals surface area (Å²) in [4.78, 5) is 4.34. The van der Waals surface area contributed by atoms with Crippen LogP contribution in [-0.4, -0.2) is 12.8 Å². The van der Waals surface area contributed by atoms with Crippen LogP contribution < -0.4 is 0 Å². The van der Waals surface area contributed by atoms with E-state index < -0.39 is 0 Å². The number of allylic oxidation sites excluding steroid dienone is 4. The molecule has 1 heteroatoms. The molecular formula is C15H21N. The Hall–Kier alpha value is -1.59. The predicted molar refractivity (Wildman–Crippen MR) is 74.0 cm³/mol. The van der Waals surface area contributed by atoms with Crippen molar-refractivity contribution in [1.29, 1.82) is 0 Å². The molecule has 0 bridgehead atoms. The molecule has 86 valence electrons. The molecule has 16 heavy (non-hydrogen) atoms. The van der Waals surface area contributed by atoms with Crippen LogP contribution in [0, 0.1) is 0 Å². The van der Waals surface area contributed by atoms with Gasteiger partial charge in [0.25, 0.3) is 0 Å². The molecule has 0 heterocycles. The van der Waals surface area contributed by atoms with E-state index in [1.165, 1.54) is 5.57 Å². The molecule has 0 aliphatic carbocycles. The van der Waals surface area contributed by atoms with Gasteiger partial charge >= 0.3 is 0 Å². The van der Waals surface area contributed by atoms with E-state index in [4.69, 9.17) is 0 Å². The minimum Gasteiger partial charge on any atom is -0.288 e. The van der Waals surface area contributed by atoms with Crippen molar-refractivity contribution in [3.63, 3.8) is 0 Å². The second-order valence-corrected chi connectivity index (χ2v) is 4.04. The maximum atomic E-state index is 4.34. The molecule has 0 radical (unpaired) electrons. The van der Waals surface area contributed by atoms with E-state index in [0.717, 1.165) is 16.7 Å².